The Labute approximate surface area is 109 Å². The van der Waals surface area contributed by atoms with Crippen molar-refractivity contribution in [3.05, 3.63) is 0 Å². The van der Waals surface area contributed by atoms with Gasteiger partial charge in [0.05, 0.1) is 5.92 Å². The third-order valence-electron chi connectivity index (χ3n) is 2.70. The zero-order valence-electron chi connectivity index (χ0n) is 11.1. The molecule has 7 heteroatoms. The monoisotopic (exact) mass is 281 g/mol. The van der Waals surface area contributed by atoms with Crippen LogP contribution in [0.2, 0.25) is 0 Å². The molecule has 0 unspecified atom stereocenters. The highest BCUT2D eigenvalue weighted by Crippen LogP contribution is 2.36. The van der Waals surface area contributed by atoms with Crippen LogP contribution >= 0.6 is 0 Å². The van der Waals surface area contributed by atoms with Gasteiger partial charge < -0.3 is 10.1 Å². The summed E-state index contributed by atoms with van der Waals surface area (Å²) < 4.78 is 42.8. The van der Waals surface area contributed by atoms with Gasteiger partial charge in [-0.15, -0.1) is 0 Å². The van der Waals surface area contributed by atoms with Crippen LogP contribution in [0.5, 0.6) is 0 Å². The molecule has 19 heavy (non-hydrogen) atoms. The van der Waals surface area contributed by atoms with E-state index >= 15 is 0 Å². The summed E-state index contributed by atoms with van der Waals surface area (Å²) in [5.74, 6) is -2.18. The predicted molar refractivity (Wildman–Crippen MR) is 61.6 cm³/mol. The van der Waals surface area contributed by atoms with E-state index in [-0.39, 0.29) is 12.8 Å². The molecular weight excluding hydrogens is 263 g/mol. The van der Waals surface area contributed by atoms with Crippen molar-refractivity contribution in [2.24, 2.45) is 5.92 Å². The van der Waals surface area contributed by atoms with Crippen molar-refractivity contribution in [3.63, 3.8) is 0 Å². The summed E-state index contributed by atoms with van der Waals surface area (Å²) in [5, 5.41) is 2.33. The number of hydrogen-bond acceptors (Lipinski definition) is 3. The molecule has 0 aromatic heterocycles. The Morgan fingerprint density at radius 2 is 1.84 bits per heavy atom. The lowest BCUT2D eigenvalue weighted by atomic mass is 9.84. The van der Waals surface area contributed by atoms with Crippen LogP contribution in [0.25, 0.3) is 0 Å². The van der Waals surface area contributed by atoms with Gasteiger partial charge in [-0.2, -0.15) is 13.2 Å². The number of rotatable bonds is 1. The van der Waals surface area contributed by atoms with Crippen LogP contribution in [-0.4, -0.2) is 29.7 Å². The minimum atomic E-state index is -4.41. The molecule has 1 aliphatic rings. The Bertz CT molecular complexity index is 360. The first-order valence-corrected chi connectivity index (χ1v) is 6.05. The molecule has 0 heterocycles. The third kappa shape index (κ3) is 5.48. The molecule has 0 saturated heterocycles. The number of Topliss-reactive ketones (excluding diaryl/α,β-unsaturated/α-hetero) is 1. The first kappa shape index (κ1) is 15.8. The van der Waals surface area contributed by atoms with Crippen LogP contribution in [0.3, 0.4) is 0 Å². The molecule has 0 aromatic rings. The number of nitrogens with one attached hydrogen (secondary N) is 1. The predicted octanol–water partition coefficient (Wildman–Crippen LogP) is 2.81. The van der Waals surface area contributed by atoms with Gasteiger partial charge in [0.25, 0.3) is 0 Å². The second-order valence-electron chi connectivity index (χ2n) is 5.76. The summed E-state index contributed by atoms with van der Waals surface area (Å²) in [6, 6.07) is -0.817. The maximum atomic E-state index is 12.6. The van der Waals surface area contributed by atoms with Gasteiger partial charge in [0.1, 0.15) is 11.4 Å². The van der Waals surface area contributed by atoms with Gasteiger partial charge in [0.15, 0.2) is 0 Å². The lowest BCUT2D eigenvalue weighted by molar-refractivity contribution is -0.185. The number of alkyl halides is 3. The fraction of sp³-hybridized carbons (Fsp3) is 0.833. The number of carbonyl (C=O) groups is 2. The molecule has 4 nitrogen and oxygen atoms in total. The second kappa shape index (κ2) is 5.38. The van der Waals surface area contributed by atoms with Gasteiger partial charge in [0.2, 0.25) is 0 Å². The molecule has 1 saturated carbocycles. The van der Waals surface area contributed by atoms with Gasteiger partial charge in [-0.3, -0.25) is 4.79 Å². The number of ketones is 1. The van der Waals surface area contributed by atoms with Crippen molar-refractivity contribution in [2.45, 2.75) is 57.9 Å². The molecule has 1 aliphatic carbocycles. The standard InChI is InChI=1S/C12H18F3NO3/c1-11(2,3)19-10(18)16-8-4-7(12(13,14)15)5-9(17)6-8/h7-8H,4-6H2,1-3H3,(H,16,18)/t7-,8+/m0/s1. The molecule has 110 valence electrons. The van der Waals surface area contributed by atoms with E-state index in [0.717, 1.165) is 0 Å². The summed E-state index contributed by atoms with van der Waals surface area (Å²) in [7, 11) is 0. The van der Waals surface area contributed by atoms with Crippen molar-refractivity contribution in [2.75, 3.05) is 0 Å². The fourth-order valence-corrected chi connectivity index (χ4v) is 1.98. The summed E-state index contributed by atoms with van der Waals surface area (Å²) in [6.45, 7) is 4.95. The number of amides is 1. The number of hydrogen-bond donors (Lipinski definition) is 1. The fourth-order valence-electron chi connectivity index (χ4n) is 1.98. The summed E-state index contributed by atoms with van der Waals surface area (Å²) >= 11 is 0. The van der Waals surface area contributed by atoms with Gasteiger partial charge >= 0.3 is 12.3 Å². The van der Waals surface area contributed by atoms with Crippen LogP contribution in [0.15, 0.2) is 0 Å². The van der Waals surface area contributed by atoms with E-state index in [4.69, 9.17) is 4.74 Å². The van der Waals surface area contributed by atoms with Gasteiger partial charge in [-0.25, -0.2) is 4.79 Å². The Balaban J connectivity index is 2.59. The highest BCUT2D eigenvalue weighted by atomic mass is 19.4. The van der Waals surface area contributed by atoms with E-state index < -0.39 is 42.0 Å². The summed E-state index contributed by atoms with van der Waals surface area (Å²) in [6.07, 6.45) is -6.08. The van der Waals surface area contributed by atoms with E-state index in [9.17, 15) is 22.8 Å². The highest BCUT2D eigenvalue weighted by Gasteiger charge is 2.45. The first-order valence-electron chi connectivity index (χ1n) is 6.05. The van der Waals surface area contributed by atoms with Gasteiger partial charge in [-0.1, -0.05) is 0 Å². The summed E-state index contributed by atoms with van der Waals surface area (Å²) in [4.78, 5) is 22.8. The van der Waals surface area contributed by atoms with Crippen molar-refractivity contribution in [3.8, 4) is 0 Å². The molecule has 0 spiro atoms. The van der Waals surface area contributed by atoms with E-state index in [1.54, 1.807) is 20.8 Å². The minimum absolute atomic E-state index is 0.0776. The SMILES string of the molecule is CC(C)(C)OC(=O)N[C@H]1CC(=O)C[C@@H](C(F)(F)F)C1. The minimum Gasteiger partial charge on any atom is -0.444 e. The van der Waals surface area contributed by atoms with Crippen LogP contribution in [-0.2, 0) is 9.53 Å². The third-order valence-corrected chi connectivity index (χ3v) is 2.70. The number of carbonyl (C=O) groups excluding carboxylic acids is 2. The molecule has 0 aliphatic heterocycles. The van der Waals surface area contributed by atoms with Crippen LogP contribution < -0.4 is 5.32 Å². The number of ether oxygens (including phenoxy) is 1. The first-order chi connectivity index (χ1) is 8.47. The second-order valence-corrected chi connectivity index (χ2v) is 5.76. The number of halogens is 3. The Hall–Kier alpha value is -1.27. The quantitative estimate of drug-likeness (QED) is 0.804. The average molecular weight is 281 g/mol. The molecule has 2 atom stereocenters. The van der Waals surface area contributed by atoms with Gasteiger partial charge in [0, 0.05) is 18.9 Å². The van der Waals surface area contributed by atoms with E-state index in [1.807, 2.05) is 0 Å². The molecule has 0 aromatic carbocycles. The molecule has 1 fully saturated rings. The zero-order valence-corrected chi connectivity index (χ0v) is 11.1. The zero-order chi connectivity index (χ0) is 14.8. The highest BCUT2D eigenvalue weighted by molar-refractivity contribution is 5.81. The van der Waals surface area contributed by atoms with Gasteiger partial charge in [-0.05, 0) is 27.2 Å². The van der Waals surface area contributed by atoms with Crippen molar-refractivity contribution in [1.29, 1.82) is 0 Å². The molecule has 1 amide bonds. The Kier molecular flexibility index (Phi) is 4.47. The Morgan fingerprint density at radius 3 is 2.32 bits per heavy atom. The van der Waals surface area contributed by atoms with Crippen molar-refractivity contribution < 1.29 is 27.5 Å². The molecule has 1 N–H and O–H groups in total. The van der Waals surface area contributed by atoms with Crippen molar-refractivity contribution in [1.82, 2.24) is 5.32 Å². The molecular formula is C12H18F3NO3. The van der Waals surface area contributed by atoms with Crippen LogP contribution in [0, 0.1) is 5.92 Å². The lowest BCUT2D eigenvalue weighted by Gasteiger charge is -2.30. The maximum Gasteiger partial charge on any atom is 0.407 e. The maximum absolute atomic E-state index is 12.6. The normalized spacial score (nSPS) is 25.1. The van der Waals surface area contributed by atoms with Crippen molar-refractivity contribution >= 4 is 11.9 Å². The smallest absolute Gasteiger partial charge is 0.407 e. The molecule has 0 radical (unpaired) electrons. The van der Waals surface area contributed by atoms with Crippen LogP contribution in [0.1, 0.15) is 40.0 Å². The van der Waals surface area contributed by atoms with E-state index in [0.29, 0.717) is 0 Å². The number of alkyl carbamates (subject to hydrolysis) is 1. The Morgan fingerprint density at radius 1 is 1.26 bits per heavy atom. The largest absolute Gasteiger partial charge is 0.444 e. The molecule has 1 rings (SSSR count). The van der Waals surface area contributed by atoms with E-state index in [2.05, 4.69) is 5.32 Å². The van der Waals surface area contributed by atoms with Crippen LogP contribution in [0.4, 0.5) is 18.0 Å². The summed E-state index contributed by atoms with van der Waals surface area (Å²) in [5.41, 5.74) is -0.730. The average Bonchev–Trinajstić information content (AvgIpc) is 2.11. The lowest BCUT2D eigenvalue weighted by Crippen LogP contribution is -2.45. The molecule has 0 bridgehead atoms. The van der Waals surface area contributed by atoms with E-state index in [1.165, 1.54) is 0 Å². The topological polar surface area (TPSA) is 55.4 Å².